The maximum absolute atomic E-state index is 10.5. The Morgan fingerprint density at radius 2 is 2.00 bits per heavy atom. The predicted molar refractivity (Wildman–Crippen MR) is 42.6 cm³/mol. The lowest BCUT2D eigenvalue weighted by atomic mass is 10.1. The van der Waals surface area contributed by atoms with Crippen molar-refractivity contribution in [2.75, 3.05) is 0 Å². The molecule has 0 aromatic carbocycles. The van der Waals surface area contributed by atoms with Crippen LogP contribution in [0, 0.1) is 0 Å². The van der Waals surface area contributed by atoms with Crippen molar-refractivity contribution in [3.8, 4) is 0 Å². The van der Waals surface area contributed by atoms with Gasteiger partial charge in [-0.2, -0.15) is 0 Å². The first-order chi connectivity index (χ1) is 4.87. The largest absolute Gasteiger partial charge is 0.479 e. The van der Waals surface area contributed by atoms with Gasteiger partial charge in [0.15, 0.2) is 6.10 Å². The molecule has 3 nitrogen and oxygen atoms in total. The molecular weight excluding hydrogens is 144 g/mol. The molecule has 0 aromatic rings. The third-order valence-corrected chi connectivity index (χ3v) is 1.14. The van der Waals surface area contributed by atoms with Gasteiger partial charge in [0, 0.05) is 0 Å². The summed E-state index contributed by atoms with van der Waals surface area (Å²) in [6.45, 7) is 7.33. The second-order valence-corrected chi connectivity index (χ2v) is 3.47. The average Bonchev–Trinajstić information content (AvgIpc) is 1.80. The Kier molecular flexibility index (Phi) is 3.52. The number of hydrogen-bond donors (Lipinski definition) is 1. The lowest BCUT2D eigenvalue weighted by Gasteiger charge is -2.23. The molecule has 0 saturated carbocycles. The number of aliphatic carboxylic acids is 1. The van der Waals surface area contributed by atoms with Crippen LogP contribution < -0.4 is 0 Å². The third kappa shape index (κ3) is 4.79. The van der Waals surface area contributed by atoms with Crippen molar-refractivity contribution in [2.24, 2.45) is 0 Å². The molecule has 0 aliphatic rings. The van der Waals surface area contributed by atoms with E-state index in [1.807, 2.05) is 20.8 Å². The first-order valence-corrected chi connectivity index (χ1v) is 3.77. The molecule has 0 saturated heterocycles. The van der Waals surface area contributed by atoms with Crippen molar-refractivity contribution >= 4 is 5.97 Å². The normalized spacial score (nSPS) is 14.5. The number of carboxylic acid groups (broad SMARTS) is 1. The molecule has 0 aliphatic carbocycles. The van der Waals surface area contributed by atoms with Crippen molar-refractivity contribution in [3.05, 3.63) is 0 Å². The van der Waals surface area contributed by atoms with Crippen LogP contribution in [-0.4, -0.2) is 22.8 Å². The van der Waals surface area contributed by atoms with Crippen molar-refractivity contribution in [3.63, 3.8) is 0 Å². The van der Waals surface area contributed by atoms with E-state index in [9.17, 15) is 4.79 Å². The first kappa shape index (κ1) is 10.4. The zero-order chi connectivity index (χ0) is 9.07. The number of carbonyl (C=O) groups is 1. The predicted octanol–water partition coefficient (Wildman–Crippen LogP) is 1.66. The van der Waals surface area contributed by atoms with Gasteiger partial charge in [-0.3, -0.25) is 0 Å². The molecular formula is C8H16O3. The van der Waals surface area contributed by atoms with E-state index in [1.165, 1.54) is 0 Å². The van der Waals surface area contributed by atoms with Gasteiger partial charge in [-0.05, 0) is 27.2 Å². The zero-order valence-electron chi connectivity index (χ0n) is 7.55. The fourth-order valence-corrected chi connectivity index (χ4v) is 0.735. The van der Waals surface area contributed by atoms with Crippen LogP contribution in [0.25, 0.3) is 0 Å². The van der Waals surface area contributed by atoms with E-state index in [1.54, 1.807) is 6.92 Å². The SMILES string of the molecule is CCC(OC(C)(C)C)C(=O)O. The first-order valence-electron chi connectivity index (χ1n) is 3.77. The van der Waals surface area contributed by atoms with Gasteiger partial charge in [0.1, 0.15) is 0 Å². The quantitative estimate of drug-likeness (QED) is 0.683. The summed E-state index contributed by atoms with van der Waals surface area (Å²) in [4.78, 5) is 10.5. The van der Waals surface area contributed by atoms with E-state index >= 15 is 0 Å². The lowest BCUT2D eigenvalue weighted by Crippen LogP contribution is -2.32. The van der Waals surface area contributed by atoms with E-state index in [4.69, 9.17) is 9.84 Å². The summed E-state index contributed by atoms with van der Waals surface area (Å²) < 4.78 is 5.25. The molecule has 0 aromatic heterocycles. The summed E-state index contributed by atoms with van der Waals surface area (Å²) >= 11 is 0. The minimum atomic E-state index is -0.887. The monoisotopic (exact) mass is 160 g/mol. The van der Waals surface area contributed by atoms with E-state index < -0.39 is 12.1 Å². The second kappa shape index (κ2) is 3.72. The highest BCUT2D eigenvalue weighted by Gasteiger charge is 2.22. The molecule has 0 fully saturated rings. The van der Waals surface area contributed by atoms with Crippen LogP contribution in [-0.2, 0) is 9.53 Å². The maximum Gasteiger partial charge on any atom is 0.332 e. The van der Waals surface area contributed by atoms with E-state index in [0.717, 1.165) is 0 Å². The Hall–Kier alpha value is -0.570. The van der Waals surface area contributed by atoms with Crippen LogP contribution in [0.1, 0.15) is 34.1 Å². The topological polar surface area (TPSA) is 46.5 Å². The van der Waals surface area contributed by atoms with E-state index in [0.29, 0.717) is 6.42 Å². The molecule has 11 heavy (non-hydrogen) atoms. The number of rotatable bonds is 3. The van der Waals surface area contributed by atoms with Crippen LogP contribution >= 0.6 is 0 Å². The molecule has 0 aliphatic heterocycles. The molecule has 0 spiro atoms. The summed E-state index contributed by atoms with van der Waals surface area (Å²) in [5.41, 5.74) is -0.376. The Bertz CT molecular complexity index is 135. The van der Waals surface area contributed by atoms with E-state index in [-0.39, 0.29) is 5.60 Å². The van der Waals surface area contributed by atoms with Crippen molar-refractivity contribution in [1.82, 2.24) is 0 Å². The van der Waals surface area contributed by atoms with Gasteiger partial charge in [-0.1, -0.05) is 6.92 Å². The highest BCUT2D eigenvalue weighted by atomic mass is 16.5. The highest BCUT2D eigenvalue weighted by molar-refractivity contribution is 5.72. The van der Waals surface area contributed by atoms with E-state index in [2.05, 4.69) is 0 Å². The Balaban J connectivity index is 3.99. The van der Waals surface area contributed by atoms with Gasteiger partial charge in [-0.25, -0.2) is 4.79 Å². The molecule has 1 atom stereocenters. The minimum absolute atomic E-state index is 0.376. The summed E-state index contributed by atoms with van der Waals surface area (Å²) in [5.74, 6) is -0.887. The molecule has 0 radical (unpaired) electrons. The highest BCUT2D eigenvalue weighted by Crippen LogP contribution is 2.12. The standard InChI is InChI=1S/C8H16O3/c1-5-6(7(9)10)11-8(2,3)4/h6H,5H2,1-4H3,(H,9,10). The van der Waals surface area contributed by atoms with Crippen LogP contribution in [0.3, 0.4) is 0 Å². The number of carboxylic acids is 1. The molecule has 1 unspecified atom stereocenters. The molecule has 0 bridgehead atoms. The molecule has 66 valence electrons. The van der Waals surface area contributed by atoms with Gasteiger partial charge in [0.2, 0.25) is 0 Å². The van der Waals surface area contributed by atoms with Gasteiger partial charge in [0.05, 0.1) is 5.60 Å². The van der Waals surface area contributed by atoms with Gasteiger partial charge in [-0.15, -0.1) is 0 Å². The fourth-order valence-electron chi connectivity index (χ4n) is 0.735. The van der Waals surface area contributed by atoms with Crippen molar-refractivity contribution < 1.29 is 14.6 Å². The molecule has 0 heterocycles. The molecule has 1 N–H and O–H groups in total. The molecule has 0 rings (SSSR count). The maximum atomic E-state index is 10.5. The summed E-state index contributed by atoms with van der Waals surface area (Å²) in [7, 11) is 0. The average molecular weight is 160 g/mol. The van der Waals surface area contributed by atoms with Gasteiger partial charge < -0.3 is 9.84 Å². The summed E-state index contributed by atoms with van der Waals surface area (Å²) in [6, 6.07) is 0. The van der Waals surface area contributed by atoms with Crippen molar-refractivity contribution in [1.29, 1.82) is 0 Å². The number of ether oxygens (including phenoxy) is 1. The van der Waals surface area contributed by atoms with Crippen molar-refractivity contribution in [2.45, 2.75) is 45.8 Å². The molecule has 0 amide bonds. The summed E-state index contributed by atoms with van der Waals surface area (Å²) in [6.07, 6.45) is -0.165. The van der Waals surface area contributed by atoms with Gasteiger partial charge >= 0.3 is 5.97 Å². The Labute approximate surface area is 67.4 Å². The lowest BCUT2D eigenvalue weighted by molar-refractivity contribution is -0.160. The molecule has 3 heteroatoms. The minimum Gasteiger partial charge on any atom is -0.479 e. The second-order valence-electron chi connectivity index (χ2n) is 3.47. The smallest absolute Gasteiger partial charge is 0.332 e. The third-order valence-electron chi connectivity index (χ3n) is 1.14. The van der Waals surface area contributed by atoms with Crippen LogP contribution in [0.2, 0.25) is 0 Å². The number of hydrogen-bond acceptors (Lipinski definition) is 2. The van der Waals surface area contributed by atoms with Crippen LogP contribution in [0.4, 0.5) is 0 Å². The Morgan fingerprint density at radius 1 is 1.55 bits per heavy atom. The fraction of sp³-hybridized carbons (Fsp3) is 0.875. The van der Waals surface area contributed by atoms with Crippen LogP contribution in [0.5, 0.6) is 0 Å². The summed E-state index contributed by atoms with van der Waals surface area (Å²) in [5, 5.41) is 8.61. The zero-order valence-corrected chi connectivity index (χ0v) is 7.55. The Morgan fingerprint density at radius 3 is 2.09 bits per heavy atom. The van der Waals surface area contributed by atoms with Crippen LogP contribution in [0.15, 0.2) is 0 Å². The van der Waals surface area contributed by atoms with Gasteiger partial charge in [0.25, 0.3) is 0 Å².